The van der Waals surface area contributed by atoms with Crippen molar-refractivity contribution in [1.29, 1.82) is 0 Å². The number of likely N-dealkylation sites (tertiary alicyclic amines) is 1. The summed E-state index contributed by atoms with van der Waals surface area (Å²) < 4.78 is 0. The van der Waals surface area contributed by atoms with Gasteiger partial charge in [0.05, 0.1) is 11.0 Å². The molecule has 1 aliphatic heterocycles. The first kappa shape index (κ1) is 14.9. The fourth-order valence-corrected chi connectivity index (χ4v) is 3.02. The summed E-state index contributed by atoms with van der Waals surface area (Å²) in [6.07, 6.45) is 2.89. The Hall–Kier alpha value is -1.46. The Labute approximate surface area is 119 Å². The zero-order valence-electron chi connectivity index (χ0n) is 12.1. The monoisotopic (exact) mass is 278 g/mol. The highest BCUT2D eigenvalue weighted by Gasteiger charge is 2.27. The van der Waals surface area contributed by atoms with Crippen molar-refractivity contribution in [3.63, 3.8) is 0 Å². The number of rotatable bonds is 4. The van der Waals surface area contributed by atoms with E-state index in [0.29, 0.717) is 6.54 Å². The molecule has 1 heterocycles. The molecule has 20 heavy (non-hydrogen) atoms. The van der Waals surface area contributed by atoms with Gasteiger partial charge in [-0.15, -0.1) is 0 Å². The highest BCUT2D eigenvalue weighted by atomic mass is 16.6. The lowest BCUT2D eigenvalue weighted by molar-refractivity contribution is -0.385. The SMILES string of the molecule is Cc1c(CN2CCCCC2C(C)O)cccc1[N+](=O)[O-]. The molecule has 2 unspecified atom stereocenters. The summed E-state index contributed by atoms with van der Waals surface area (Å²) in [4.78, 5) is 12.9. The van der Waals surface area contributed by atoms with E-state index < -0.39 is 0 Å². The Kier molecular flexibility index (Phi) is 4.73. The molecule has 0 radical (unpaired) electrons. The highest BCUT2D eigenvalue weighted by Crippen LogP contribution is 2.26. The van der Waals surface area contributed by atoms with Gasteiger partial charge in [-0.05, 0) is 38.8 Å². The van der Waals surface area contributed by atoms with Crippen LogP contribution >= 0.6 is 0 Å². The van der Waals surface area contributed by atoms with Gasteiger partial charge in [0, 0.05) is 24.2 Å². The summed E-state index contributed by atoms with van der Waals surface area (Å²) in [6, 6.07) is 5.38. The average molecular weight is 278 g/mol. The van der Waals surface area contributed by atoms with Gasteiger partial charge in [-0.25, -0.2) is 0 Å². The lowest BCUT2D eigenvalue weighted by Crippen LogP contribution is -2.45. The minimum atomic E-state index is -0.366. The van der Waals surface area contributed by atoms with Gasteiger partial charge in [0.25, 0.3) is 5.69 Å². The third-order valence-electron chi connectivity index (χ3n) is 4.21. The molecule has 1 aromatic carbocycles. The highest BCUT2D eigenvalue weighted by molar-refractivity contribution is 5.44. The fraction of sp³-hybridized carbons (Fsp3) is 0.600. The average Bonchev–Trinajstić information content (AvgIpc) is 2.41. The van der Waals surface area contributed by atoms with E-state index in [1.807, 2.05) is 13.0 Å². The van der Waals surface area contributed by atoms with Crippen molar-refractivity contribution in [3.05, 3.63) is 39.4 Å². The van der Waals surface area contributed by atoms with Crippen LogP contribution in [0.2, 0.25) is 0 Å². The molecule has 0 aliphatic carbocycles. The van der Waals surface area contributed by atoms with Gasteiger partial charge in [-0.1, -0.05) is 18.6 Å². The van der Waals surface area contributed by atoms with Gasteiger partial charge in [0.2, 0.25) is 0 Å². The molecule has 0 aromatic heterocycles. The van der Waals surface area contributed by atoms with E-state index >= 15 is 0 Å². The van der Waals surface area contributed by atoms with E-state index in [9.17, 15) is 15.2 Å². The number of hydrogen-bond acceptors (Lipinski definition) is 4. The van der Waals surface area contributed by atoms with Crippen molar-refractivity contribution in [1.82, 2.24) is 4.90 Å². The molecule has 1 aromatic rings. The van der Waals surface area contributed by atoms with E-state index in [-0.39, 0.29) is 22.8 Å². The van der Waals surface area contributed by atoms with Crippen molar-refractivity contribution in [2.45, 2.75) is 51.8 Å². The van der Waals surface area contributed by atoms with Crippen LogP contribution in [0.25, 0.3) is 0 Å². The number of aliphatic hydroxyl groups is 1. The van der Waals surface area contributed by atoms with Crippen LogP contribution in [0.4, 0.5) is 5.69 Å². The molecule has 0 spiro atoms. The van der Waals surface area contributed by atoms with Crippen molar-refractivity contribution < 1.29 is 10.0 Å². The van der Waals surface area contributed by atoms with Crippen LogP contribution in [0, 0.1) is 17.0 Å². The minimum Gasteiger partial charge on any atom is -0.392 e. The lowest BCUT2D eigenvalue weighted by Gasteiger charge is -2.37. The Morgan fingerprint density at radius 1 is 1.50 bits per heavy atom. The predicted octanol–water partition coefficient (Wildman–Crippen LogP) is 2.64. The van der Waals surface area contributed by atoms with Crippen molar-refractivity contribution in [3.8, 4) is 0 Å². The van der Waals surface area contributed by atoms with E-state index in [0.717, 1.165) is 36.9 Å². The van der Waals surface area contributed by atoms with Crippen molar-refractivity contribution in [2.24, 2.45) is 0 Å². The third kappa shape index (κ3) is 3.16. The van der Waals surface area contributed by atoms with Crippen molar-refractivity contribution >= 4 is 5.69 Å². The van der Waals surface area contributed by atoms with Crippen LogP contribution in [0.15, 0.2) is 18.2 Å². The van der Waals surface area contributed by atoms with E-state index in [4.69, 9.17) is 0 Å². The summed E-state index contributed by atoms with van der Waals surface area (Å²) >= 11 is 0. The van der Waals surface area contributed by atoms with Gasteiger partial charge in [-0.3, -0.25) is 15.0 Å². The second-order valence-electron chi connectivity index (χ2n) is 5.59. The molecular formula is C15H22N2O3. The summed E-state index contributed by atoms with van der Waals surface area (Å²) in [5.74, 6) is 0. The Bertz CT molecular complexity index is 488. The molecule has 1 fully saturated rings. The van der Waals surface area contributed by atoms with E-state index in [2.05, 4.69) is 4.90 Å². The smallest absolute Gasteiger partial charge is 0.272 e. The van der Waals surface area contributed by atoms with Crippen LogP contribution in [-0.2, 0) is 6.54 Å². The lowest BCUT2D eigenvalue weighted by atomic mass is 9.96. The van der Waals surface area contributed by atoms with Crippen LogP contribution in [0.5, 0.6) is 0 Å². The maximum Gasteiger partial charge on any atom is 0.272 e. The fourth-order valence-electron chi connectivity index (χ4n) is 3.02. The van der Waals surface area contributed by atoms with Crippen LogP contribution in [0.3, 0.4) is 0 Å². The molecule has 5 nitrogen and oxygen atoms in total. The molecule has 1 N–H and O–H groups in total. The largest absolute Gasteiger partial charge is 0.392 e. The molecule has 0 saturated carbocycles. The summed E-state index contributed by atoms with van der Waals surface area (Å²) in [5, 5.41) is 20.9. The first-order valence-electron chi connectivity index (χ1n) is 7.15. The maximum atomic E-state index is 11.0. The van der Waals surface area contributed by atoms with Gasteiger partial charge < -0.3 is 5.11 Å². The Morgan fingerprint density at radius 3 is 2.90 bits per heavy atom. The van der Waals surface area contributed by atoms with Crippen LogP contribution in [0.1, 0.15) is 37.3 Å². The number of nitro benzene ring substituents is 1. The quantitative estimate of drug-likeness (QED) is 0.679. The van der Waals surface area contributed by atoms with Crippen LogP contribution in [-0.4, -0.2) is 33.6 Å². The second kappa shape index (κ2) is 6.33. The van der Waals surface area contributed by atoms with Crippen molar-refractivity contribution in [2.75, 3.05) is 6.54 Å². The number of benzene rings is 1. The molecule has 5 heteroatoms. The molecule has 0 amide bonds. The topological polar surface area (TPSA) is 66.6 Å². The summed E-state index contributed by atoms with van der Waals surface area (Å²) in [6.45, 7) is 5.23. The molecule has 2 atom stereocenters. The molecule has 2 rings (SSSR count). The summed E-state index contributed by atoms with van der Waals surface area (Å²) in [7, 11) is 0. The maximum absolute atomic E-state index is 11.0. The normalized spacial score (nSPS) is 21.6. The predicted molar refractivity (Wildman–Crippen MR) is 77.6 cm³/mol. The summed E-state index contributed by atoms with van der Waals surface area (Å²) in [5.41, 5.74) is 1.88. The molecule has 1 aliphatic rings. The van der Waals surface area contributed by atoms with Crippen LogP contribution < -0.4 is 0 Å². The second-order valence-corrected chi connectivity index (χ2v) is 5.59. The van der Waals surface area contributed by atoms with E-state index in [1.165, 1.54) is 0 Å². The minimum absolute atomic E-state index is 0.155. The molecule has 0 bridgehead atoms. The van der Waals surface area contributed by atoms with E-state index in [1.54, 1.807) is 19.1 Å². The zero-order chi connectivity index (χ0) is 14.7. The number of aliphatic hydroxyl groups excluding tert-OH is 1. The zero-order valence-corrected chi connectivity index (χ0v) is 12.1. The third-order valence-corrected chi connectivity index (χ3v) is 4.21. The standard InChI is InChI=1S/C15H22N2O3/c1-11-13(6-5-8-14(11)17(19)20)10-16-9-4-3-7-15(16)12(2)18/h5-6,8,12,15,18H,3-4,7,9-10H2,1-2H3. The Morgan fingerprint density at radius 2 is 2.25 bits per heavy atom. The van der Waals surface area contributed by atoms with Gasteiger partial charge >= 0.3 is 0 Å². The first-order valence-corrected chi connectivity index (χ1v) is 7.15. The molecule has 1 saturated heterocycles. The Balaban J connectivity index is 2.20. The van der Waals surface area contributed by atoms with Gasteiger partial charge in [0.1, 0.15) is 0 Å². The van der Waals surface area contributed by atoms with Gasteiger partial charge in [-0.2, -0.15) is 0 Å². The number of nitrogens with zero attached hydrogens (tertiary/aromatic N) is 2. The number of nitro groups is 1. The molecular weight excluding hydrogens is 256 g/mol. The first-order chi connectivity index (χ1) is 9.50. The number of piperidine rings is 1. The molecule has 110 valence electrons. The van der Waals surface area contributed by atoms with Gasteiger partial charge in [0.15, 0.2) is 0 Å². The number of hydrogen-bond donors (Lipinski definition) is 1.